The van der Waals surface area contributed by atoms with Crippen LogP contribution in [-0.2, 0) is 0 Å². The molecule has 2 rings (SSSR count). The minimum absolute atomic E-state index is 0.328. The van der Waals surface area contributed by atoms with E-state index in [1.807, 2.05) is 0 Å². The molecule has 0 radical (unpaired) electrons. The summed E-state index contributed by atoms with van der Waals surface area (Å²) in [6, 6.07) is 0. The first-order valence-corrected chi connectivity index (χ1v) is 4.87. The van der Waals surface area contributed by atoms with E-state index >= 15 is 0 Å². The number of hydrogen-bond donors (Lipinski definition) is 0. The third-order valence-electron chi connectivity index (χ3n) is 3.43. The highest BCUT2D eigenvalue weighted by Gasteiger charge is 2.52. The number of nitrogens with zero attached hydrogens (tertiary/aromatic N) is 1. The molecule has 1 aliphatic carbocycles. The van der Waals surface area contributed by atoms with Crippen LogP contribution in [0.2, 0.25) is 0 Å². The van der Waals surface area contributed by atoms with E-state index in [2.05, 4.69) is 32.3 Å². The second-order valence-electron chi connectivity index (χ2n) is 5.41. The van der Waals surface area contributed by atoms with Gasteiger partial charge in [-0.3, -0.25) is 4.90 Å². The topological polar surface area (TPSA) is 3.24 Å². The fourth-order valence-corrected chi connectivity index (χ4v) is 2.07. The van der Waals surface area contributed by atoms with Crippen molar-refractivity contribution >= 4 is 0 Å². The molecule has 0 unspecified atom stereocenters. The fourth-order valence-electron chi connectivity index (χ4n) is 2.07. The lowest BCUT2D eigenvalue weighted by molar-refractivity contribution is 0.167. The van der Waals surface area contributed by atoms with Gasteiger partial charge in [-0.2, -0.15) is 0 Å². The zero-order chi connectivity index (χ0) is 8.98. The predicted molar refractivity (Wildman–Crippen MR) is 52.1 cm³/mol. The lowest BCUT2D eigenvalue weighted by atomic mass is 10.0. The average Bonchev–Trinajstić information content (AvgIpc) is 2.57. The van der Waals surface area contributed by atoms with Crippen molar-refractivity contribution in [2.45, 2.75) is 39.2 Å². The Labute approximate surface area is 75.4 Å². The van der Waals surface area contributed by atoms with Gasteiger partial charge in [0.1, 0.15) is 0 Å². The van der Waals surface area contributed by atoms with E-state index in [4.69, 9.17) is 0 Å². The summed E-state index contributed by atoms with van der Waals surface area (Å²) in [6.45, 7) is 13.5. The van der Waals surface area contributed by atoms with E-state index in [-0.39, 0.29) is 0 Å². The SMILES string of the molecule is C=C1CN(C(C)(C)C)CC12CC2. The molecule has 1 heterocycles. The summed E-state index contributed by atoms with van der Waals surface area (Å²) >= 11 is 0. The summed E-state index contributed by atoms with van der Waals surface area (Å²) in [7, 11) is 0. The standard InChI is InChI=1S/C11H19N/c1-9-7-12(10(2,3)4)8-11(9)5-6-11/h1,5-8H2,2-4H3. The van der Waals surface area contributed by atoms with Crippen LogP contribution in [0.4, 0.5) is 0 Å². The first-order chi connectivity index (χ1) is 5.44. The Morgan fingerprint density at radius 2 is 1.92 bits per heavy atom. The highest BCUT2D eigenvalue weighted by molar-refractivity contribution is 5.26. The van der Waals surface area contributed by atoms with Gasteiger partial charge in [-0.25, -0.2) is 0 Å². The Morgan fingerprint density at radius 3 is 2.17 bits per heavy atom. The number of rotatable bonds is 0. The molecule has 2 fully saturated rings. The maximum atomic E-state index is 4.19. The Bertz CT molecular complexity index is 218. The number of likely N-dealkylation sites (tertiary alicyclic amines) is 1. The van der Waals surface area contributed by atoms with Crippen molar-refractivity contribution < 1.29 is 0 Å². The zero-order valence-electron chi connectivity index (χ0n) is 8.48. The molecular weight excluding hydrogens is 146 g/mol. The average molecular weight is 165 g/mol. The van der Waals surface area contributed by atoms with Crippen LogP contribution >= 0.6 is 0 Å². The van der Waals surface area contributed by atoms with Gasteiger partial charge < -0.3 is 0 Å². The van der Waals surface area contributed by atoms with Gasteiger partial charge >= 0.3 is 0 Å². The summed E-state index contributed by atoms with van der Waals surface area (Å²) in [4.78, 5) is 2.56. The van der Waals surface area contributed by atoms with Gasteiger partial charge in [0.15, 0.2) is 0 Å². The largest absolute Gasteiger partial charge is 0.294 e. The molecule has 1 saturated heterocycles. The van der Waals surface area contributed by atoms with Crippen molar-refractivity contribution in [2.75, 3.05) is 13.1 Å². The Balaban J connectivity index is 2.11. The van der Waals surface area contributed by atoms with Crippen molar-refractivity contribution in [2.24, 2.45) is 5.41 Å². The van der Waals surface area contributed by atoms with Crippen LogP contribution in [0.3, 0.4) is 0 Å². The second-order valence-corrected chi connectivity index (χ2v) is 5.41. The monoisotopic (exact) mass is 165 g/mol. The molecule has 2 aliphatic rings. The zero-order valence-corrected chi connectivity index (χ0v) is 8.48. The summed E-state index contributed by atoms with van der Waals surface area (Å²) in [5, 5.41) is 0. The molecule has 0 atom stereocenters. The Morgan fingerprint density at radius 1 is 1.33 bits per heavy atom. The summed E-state index contributed by atoms with van der Waals surface area (Å²) < 4.78 is 0. The Hall–Kier alpha value is -0.300. The van der Waals surface area contributed by atoms with Crippen molar-refractivity contribution in [3.8, 4) is 0 Å². The van der Waals surface area contributed by atoms with E-state index < -0.39 is 0 Å². The van der Waals surface area contributed by atoms with Gasteiger partial charge in [-0.05, 0) is 33.6 Å². The predicted octanol–water partition coefficient (Wildman–Crippen LogP) is 2.44. The third-order valence-corrected chi connectivity index (χ3v) is 3.43. The van der Waals surface area contributed by atoms with Gasteiger partial charge in [0, 0.05) is 24.0 Å². The highest BCUT2D eigenvalue weighted by atomic mass is 15.2. The molecule has 12 heavy (non-hydrogen) atoms. The Kier molecular flexibility index (Phi) is 1.48. The highest BCUT2D eigenvalue weighted by Crippen LogP contribution is 2.56. The maximum absolute atomic E-state index is 4.19. The molecule has 0 N–H and O–H groups in total. The lowest BCUT2D eigenvalue weighted by Crippen LogP contribution is -2.39. The molecule has 0 bridgehead atoms. The van der Waals surface area contributed by atoms with E-state index in [1.54, 1.807) is 0 Å². The maximum Gasteiger partial charge on any atom is 0.0201 e. The van der Waals surface area contributed by atoms with Gasteiger partial charge in [0.05, 0.1) is 0 Å². The molecule has 1 nitrogen and oxygen atoms in total. The van der Waals surface area contributed by atoms with Crippen molar-refractivity contribution in [3.05, 3.63) is 12.2 Å². The molecule has 0 aromatic heterocycles. The molecular formula is C11H19N. The van der Waals surface area contributed by atoms with E-state index in [0.717, 1.165) is 6.54 Å². The molecule has 1 spiro atoms. The van der Waals surface area contributed by atoms with Crippen molar-refractivity contribution in [3.63, 3.8) is 0 Å². The van der Waals surface area contributed by atoms with Gasteiger partial charge in [0.2, 0.25) is 0 Å². The molecule has 1 heteroatoms. The van der Waals surface area contributed by atoms with Gasteiger partial charge in [-0.1, -0.05) is 12.2 Å². The van der Waals surface area contributed by atoms with Crippen LogP contribution in [0, 0.1) is 5.41 Å². The molecule has 0 amide bonds. The second kappa shape index (κ2) is 2.14. The molecule has 0 aromatic rings. The molecule has 1 saturated carbocycles. The molecule has 1 aliphatic heterocycles. The summed E-state index contributed by atoms with van der Waals surface area (Å²) in [6.07, 6.45) is 2.77. The minimum Gasteiger partial charge on any atom is -0.294 e. The number of hydrogen-bond acceptors (Lipinski definition) is 1. The smallest absolute Gasteiger partial charge is 0.0201 e. The van der Waals surface area contributed by atoms with E-state index in [1.165, 1.54) is 25.0 Å². The third kappa shape index (κ3) is 1.11. The van der Waals surface area contributed by atoms with Crippen molar-refractivity contribution in [1.29, 1.82) is 0 Å². The van der Waals surface area contributed by atoms with Crippen molar-refractivity contribution in [1.82, 2.24) is 4.90 Å². The summed E-state index contributed by atoms with van der Waals surface area (Å²) in [5.41, 5.74) is 2.37. The van der Waals surface area contributed by atoms with Crippen LogP contribution in [0.5, 0.6) is 0 Å². The van der Waals surface area contributed by atoms with Crippen LogP contribution in [0.15, 0.2) is 12.2 Å². The molecule has 0 aromatic carbocycles. The minimum atomic E-state index is 0.328. The van der Waals surface area contributed by atoms with E-state index in [9.17, 15) is 0 Å². The van der Waals surface area contributed by atoms with E-state index in [0.29, 0.717) is 11.0 Å². The van der Waals surface area contributed by atoms with Crippen LogP contribution in [-0.4, -0.2) is 23.5 Å². The fraction of sp³-hybridized carbons (Fsp3) is 0.818. The molecule has 68 valence electrons. The van der Waals surface area contributed by atoms with Gasteiger partial charge in [-0.15, -0.1) is 0 Å². The summed E-state index contributed by atoms with van der Waals surface area (Å²) in [5.74, 6) is 0. The van der Waals surface area contributed by atoms with Gasteiger partial charge in [0.25, 0.3) is 0 Å². The first-order valence-electron chi connectivity index (χ1n) is 4.87. The lowest BCUT2D eigenvalue weighted by Gasteiger charge is -2.31. The quantitative estimate of drug-likeness (QED) is 0.498. The normalized spacial score (nSPS) is 28.4. The van der Waals surface area contributed by atoms with Crippen LogP contribution in [0.1, 0.15) is 33.6 Å². The van der Waals surface area contributed by atoms with Crippen LogP contribution in [0.25, 0.3) is 0 Å². The first kappa shape index (κ1) is 8.31. The van der Waals surface area contributed by atoms with Crippen LogP contribution < -0.4 is 0 Å².